The molecule has 15 heavy (non-hydrogen) atoms. The Bertz CT molecular complexity index is 316. The van der Waals surface area contributed by atoms with E-state index in [4.69, 9.17) is 0 Å². The van der Waals surface area contributed by atoms with Gasteiger partial charge in [-0.25, -0.2) is 4.98 Å². The maximum Gasteiger partial charge on any atom is 0.132 e. The molecule has 0 radical (unpaired) electrons. The van der Waals surface area contributed by atoms with E-state index >= 15 is 0 Å². The molecule has 3 heteroatoms. The summed E-state index contributed by atoms with van der Waals surface area (Å²) in [6.45, 7) is 1.13. The van der Waals surface area contributed by atoms with E-state index in [0.717, 1.165) is 12.4 Å². The van der Waals surface area contributed by atoms with Crippen molar-refractivity contribution in [2.24, 2.45) is 0 Å². The lowest BCUT2D eigenvalue weighted by Gasteiger charge is -2.27. The molecular weight excluding hydrogens is 186 g/mol. The fourth-order valence-electron chi connectivity index (χ4n) is 2.17. The number of pyridine rings is 1. The van der Waals surface area contributed by atoms with Crippen LogP contribution in [0.1, 0.15) is 30.9 Å². The van der Waals surface area contributed by atoms with E-state index in [9.17, 15) is 0 Å². The summed E-state index contributed by atoms with van der Waals surface area (Å²) in [5, 5.41) is 3.56. The normalized spacial score (nSPS) is 21.3. The van der Waals surface area contributed by atoms with E-state index in [0.29, 0.717) is 6.04 Å². The molecule has 2 heterocycles. The van der Waals surface area contributed by atoms with Crippen LogP contribution in [0, 0.1) is 0 Å². The molecule has 1 fully saturated rings. The highest BCUT2D eigenvalue weighted by molar-refractivity contribution is 5.47. The summed E-state index contributed by atoms with van der Waals surface area (Å²) in [6.07, 6.45) is 5.71. The van der Waals surface area contributed by atoms with E-state index in [1.54, 1.807) is 0 Å². The molecule has 1 aliphatic heterocycles. The number of nitrogens with zero attached hydrogens (tertiary/aromatic N) is 2. The molecule has 1 aliphatic rings. The Morgan fingerprint density at radius 2 is 2.27 bits per heavy atom. The van der Waals surface area contributed by atoms with Gasteiger partial charge in [-0.05, 0) is 25.5 Å². The lowest BCUT2D eigenvalue weighted by molar-refractivity contribution is 0.412. The van der Waals surface area contributed by atoms with Gasteiger partial charge in [0.25, 0.3) is 0 Å². The van der Waals surface area contributed by atoms with Gasteiger partial charge >= 0.3 is 0 Å². The molecule has 0 saturated carbocycles. The molecule has 0 aliphatic carbocycles. The number of hydrogen-bond donors (Lipinski definition) is 1. The van der Waals surface area contributed by atoms with Crippen LogP contribution < -0.4 is 10.2 Å². The first-order valence-electron chi connectivity index (χ1n) is 5.64. The predicted molar refractivity (Wildman–Crippen MR) is 63.2 cm³/mol. The first-order valence-corrected chi connectivity index (χ1v) is 5.64. The van der Waals surface area contributed by atoms with Crippen LogP contribution in [0.15, 0.2) is 18.3 Å². The summed E-state index contributed by atoms with van der Waals surface area (Å²) in [7, 11) is 4.10. The summed E-state index contributed by atoms with van der Waals surface area (Å²) in [5.41, 5.74) is 1.34. The third kappa shape index (κ3) is 2.29. The molecule has 1 N–H and O–H groups in total. The van der Waals surface area contributed by atoms with Crippen molar-refractivity contribution in [3.05, 3.63) is 23.9 Å². The fraction of sp³-hybridized carbons (Fsp3) is 0.583. The molecule has 3 nitrogen and oxygen atoms in total. The van der Waals surface area contributed by atoms with Gasteiger partial charge in [0.15, 0.2) is 0 Å². The largest absolute Gasteiger partial charge is 0.362 e. The van der Waals surface area contributed by atoms with Crippen LogP contribution in [-0.2, 0) is 0 Å². The number of rotatable bonds is 2. The first kappa shape index (κ1) is 10.4. The minimum absolute atomic E-state index is 0.491. The van der Waals surface area contributed by atoms with Crippen molar-refractivity contribution in [1.29, 1.82) is 0 Å². The molecule has 0 bridgehead atoms. The molecular formula is C12H19N3. The molecule has 0 unspecified atom stereocenters. The summed E-state index contributed by atoms with van der Waals surface area (Å²) in [4.78, 5) is 6.53. The fourth-order valence-corrected chi connectivity index (χ4v) is 2.17. The second-order valence-electron chi connectivity index (χ2n) is 4.31. The second-order valence-corrected chi connectivity index (χ2v) is 4.31. The highest BCUT2D eigenvalue weighted by Gasteiger charge is 2.18. The molecule has 0 aromatic carbocycles. The maximum absolute atomic E-state index is 4.44. The summed E-state index contributed by atoms with van der Waals surface area (Å²) in [5.74, 6) is 1.09. The van der Waals surface area contributed by atoms with Gasteiger partial charge in [0, 0.05) is 31.9 Å². The van der Waals surface area contributed by atoms with Crippen molar-refractivity contribution in [3.8, 4) is 0 Å². The molecule has 1 aromatic heterocycles. The Kier molecular flexibility index (Phi) is 3.21. The second kappa shape index (κ2) is 4.62. The number of hydrogen-bond acceptors (Lipinski definition) is 3. The summed E-state index contributed by atoms with van der Waals surface area (Å²) >= 11 is 0. The number of piperidine rings is 1. The van der Waals surface area contributed by atoms with E-state index < -0.39 is 0 Å². The number of anilines is 1. The third-order valence-corrected chi connectivity index (χ3v) is 2.93. The molecule has 82 valence electrons. The van der Waals surface area contributed by atoms with Gasteiger partial charge in [-0.2, -0.15) is 0 Å². The van der Waals surface area contributed by atoms with Crippen molar-refractivity contribution in [2.45, 2.75) is 25.3 Å². The summed E-state index contributed by atoms with van der Waals surface area (Å²) < 4.78 is 0. The van der Waals surface area contributed by atoms with Gasteiger partial charge in [-0.1, -0.05) is 12.5 Å². The average molecular weight is 205 g/mol. The minimum Gasteiger partial charge on any atom is -0.362 e. The highest BCUT2D eigenvalue weighted by Crippen LogP contribution is 2.28. The van der Waals surface area contributed by atoms with Gasteiger partial charge in [-0.3, -0.25) is 0 Å². The topological polar surface area (TPSA) is 28.2 Å². The van der Waals surface area contributed by atoms with Crippen LogP contribution in [0.25, 0.3) is 0 Å². The van der Waals surface area contributed by atoms with Crippen molar-refractivity contribution >= 4 is 5.82 Å². The van der Waals surface area contributed by atoms with Gasteiger partial charge < -0.3 is 10.2 Å². The van der Waals surface area contributed by atoms with Crippen molar-refractivity contribution in [1.82, 2.24) is 10.3 Å². The van der Waals surface area contributed by atoms with Crippen LogP contribution in [-0.4, -0.2) is 25.6 Å². The predicted octanol–water partition coefficient (Wildman–Crippen LogP) is 1.96. The SMILES string of the molecule is CN(C)c1ncccc1[C@@H]1CCCCN1. The Labute approximate surface area is 91.5 Å². The molecule has 0 spiro atoms. The lowest BCUT2D eigenvalue weighted by atomic mass is 9.98. The van der Waals surface area contributed by atoms with Crippen molar-refractivity contribution < 1.29 is 0 Å². The Hall–Kier alpha value is -1.09. The molecule has 1 atom stereocenters. The van der Waals surface area contributed by atoms with E-state index in [1.807, 2.05) is 12.3 Å². The first-order chi connectivity index (χ1) is 7.29. The van der Waals surface area contributed by atoms with E-state index in [2.05, 4.69) is 35.4 Å². The van der Waals surface area contributed by atoms with Crippen LogP contribution >= 0.6 is 0 Å². The average Bonchev–Trinajstić information content (AvgIpc) is 2.30. The maximum atomic E-state index is 4.44. The smallest absolute Gasteiger partial charge is 0.132 e. The summed E-state index contributed by atoms with van der Waals surface area (Å²) in [6, 6.07) is 4.70. The van der Waals surface area contributed by atoms with E-state index in [-0.39, 0.29) is 0 Å². The van der Waals surface area contributed by atoms with Crippen LogP contribution in [0.5, 0.6) is 0 Å². The molecule has 2 rings (SSSR count). The van der Waals surface area contributed by atoms with Gasteiger partial charge in [0.1, 0.15) is 5.82 Å². The Morgan fingerprint density at radius 1 is 1.40 bits per heavy atom. The molecule has 1 aromatic rings. The van der Waals surface area contributed by atoms with Crippen LogP contribution in [0.3, 0.4) is 0 Å². The number of aromatic nitrogens is 1. The van der Waals surface area contributed by atoms with Crippen molar-refractivity contribution in [3.63, 3.8) is 0 Å². The van der Waals surface area contributed by atoms with Crippen molar-refractivity contribution in [2.75, 3.05) is 25.5 Å². The quantitative estimate of drug-likeness (QED) is 0.800. The van der Waals surface area contributed by atoms with Gasteiger partial charge in [0.05, 0.1) is 0 Å². The zero-order valence-corrected chi connectivity index (χ0v) is 9.53. The highest BCUT2D eigenvalue weighted by atomic mass is 15.1. The van der Waals surface area contributed by atoms with E-state index in [1.165, 1.54) is 24.8 Å². The zero-order valence-electron chi connectivity index (χ0n) is 9.53. The molecule has 0 amide bonds. The van der Waals surface area contributed by atoms with Crippen LogP contribution in [0.4, 0.5) is 5.82 Å². The standard InChI is InChI=1S/C12H19N3/c1-15(2)12-10(6-5-9-14-12)11-7-3-4-8-13-11/h5-6,9,11,13H,3-4,7-8H2,1-2H3/t11-/m0/s1. The number of nitrogens with one attached hydrogen (secondary N) is 1. The molecule has 1 saturated heterocycles. The Morgan fingerprint density at radius 3 is 2.93 bits per heavy atom. The Balaban J connectivity index is 2.25. The van der Waals surface area contributed by atoms with Gasteiger partial charge in [0.2, 0.25) is 0 Å². The zero-order chi connectivity index (χ0) is 10.7. The third-order valence-electron chi connectivity index (χ3n) is 2.93. The lowest BCUT2D eigenvalue weighted by Crippen LogP contribution is -2.28. The van der Waals surface area contributed by atoms with Gasteiger partial charge in [-0.15, -0.1) is 0 Å². The monoisotopic (exact) mass is 205 g/mol. The van der Waals surface area contributed by atoms with Crippen LogP contribution in [0.2, 0.25) is 0 Å². The minimum atomic E-state index is 0.491.